The van der Waals surface area contributed by atoms with E-state index < -0.39 is 11.5 Å². The SMILES string of the molecule is COC(=O)c1csc(CN(C(=O)c2cc(Cl)cc(Cl)c2)C(C)(C)C)n1. The van der Waals surface area contributed by atoms with Crippen LogP contribution in [0.3, 0.4) is 0 Å². The van der Waals surface area contributed by atoms with Gasteiger partial charge < -0.3 is 9.64 Å². The van der Waals surface area contributed by atoms with Crippen LogP contribution in [-0.4, -0.2) is 34.4 Å². The third-order valence-electron chi connectivity index (χ3n) is 3.40. The number of carbonyl (C=O) groups is 2. The molecule has 0 saturated carbocycles. The topological polar surface area (TPSA) is 59.5 Å². The molecule has 5 nitrogen and oxygen atoms in total. The molecule has 0 N–H and O–H groups in total. The molecule has 8 heteroatoms. The molecule has 25 heavy (non-hydrogen) atoms. The maximum Gasteiger partial charge on any atom is 0.357 e. The summed E-state index contributed by atoms with van der Waals surface area (Å²) in [6, 6.07) is 4.73. The second kappa shape index (κ2) is 7.72. The minimum absolute atomic E-state index is 0.216. The highest BCUT2D eigenvalue weighted by atomic mass is 35.5. The molecule has 0 aliphatic rings. The van der Waals surface area contributed by atoms with Gasteiger partial charge in [0.05, 0.1) is 13.7 Å². The van der Waals surface area contributed by atoms with Crippen molar-refractivity contribution in [3.63, 3.8) is 0 Å². The number of rotatable bonds is 4. The monoisotopic (exact) mass is 400 g/mol. The molecule has 0 bridgehead atoms. The fraction of sp³-hybridized carbons (Fsp3) is 0.353. The predicted molar refractivity (Wildman–Crippen MR) is 99.5 cm³/mol. The quantitative estimate of drug-likeness (QED) is 0.699. The molecule has 1 amide bonds. The number of amides is 1. The first-order chi connectivity index (χ1) is 11.6. The van der Waals surface area contributed by atoms with Crippen LogP contribution in [0.1, 0.15) is 46.6 Å². The van der Waals surface area contributed by atoms with Crippen molar-refractivity contribution < 1.29 is 14.3 Å². The van der Waals surface area contributed by atoms with Crippen molar-refractivity contribution in [1.82, 2.24) is 9.88 Å². The number of benzene rings is 1. The Morgan fingerprint density at radius 2 is 1.80 bits per heavy atom. The van der Waals surface area contributed by atoms with Gasteiger partial charge in [0, 0.05) is 26.5 Å². The zero-order valence-electron chi connectivity index (χ0n) is 14.3. The minimum atomic E-state index is -0.502. The Morgan fingerprint density at radius 3 is 2.32 bits per heavy atom. The molecule has 2 rings (SSSR count). The van der Waals surface area contributed by atoms with Crippen LogP contribution in [0.2, 0.25) is 10.0 Å². The van der Waals surface area contributed by atoms with Crippen LogP contribution >= 0.6 is 34.5 Å². The third-order valence-corrected chi connectivity index (χ3v) is 4.67. The fourth-order valence-corrected chi connectivity index (χ4v) is 3.44. The van der Waals surface area contributed by atoms with E-state index >= 15 is 0 Å². The van der Waals surface area contributed by atoms with Gasteiger partial charge in [-0.1, -0.05) is 23.2 Å². The Hall–Kier alpha value is -1.63. The Morgan fingerprint density at radius 1 is 1.20 bits per heavy atom. The molecule has 0 atom stereocenters. The normalized spacial score (nSPS) is 11.3. The molecule has 1 heterocycles. The lowest BCUT2D eigenvalue weighted by molar-refractivity contribution is 0.0558. The van der Waals surface area contributed by atoms with E-state index in [0.29, 0.717) is 20.6 Å². The zero-order valence-corrected chi connectivity index (χ0v) is 16.6. The number of aromatic nitrogens is 1. The number of hydrogen-bond acceptors (Lipinski definition) is 5. The van der Waals surface area contributed by atoms with Gasteiger partial charge in [0.15, 0.2) is 5.69 Å². The van der Waals surface area contributed by atoms with Crippen molar-refractivity contribution in [3.05, 3.63) is 49.9 Å². The maximum atomic E-state index is 13.0. The van der Waals surface area contributed by atoms with Crippen LogP contribution in [-0.2, 0) is 11.3 Å². The number of thiazole rings is 1. The van der Waals surface area contributed by atoms with Crippen LogP contribution in [0.5, 0.6) is 0 Å². The summed E-state index contributed by atoms with van der Waals surface area (Å²) in [4.78, 5) is 30.4. The molecule has 0 spiro atoms. The van der Waals surface area contributed by atoms with E-state index in [-0.39, 0.29) is 18.1 Å². The number of hydrogen-bond donors (Lipinski definition) is 0. The molecule has 0 aliphatic heterocycles. The minimum Gasteiger partial charge on any atom is -0.464 e. The van der Waals surface area contributed by atoms with Gasteiger partial charge in [-0.05, 0) is 39.0 Å². The van der Waals surface area contributed by atoms with Gasteiger partial charge in [-0.15, -0.1) is 11.3 Å². The van der Waals surface area contributed by atoms with Crippen molar-refractivity contribution in [3.8, 4) is 0 Å². The first-order valence-electron chi connectivity index (χ1n) is 7.42. The van der Waals surface area contributed by atoms with E-state index in [4.69, 9.17) is 23.2 Å². The van der Waals surface area contributed by atoms with Crippen LogP contribution in [0.15, 0.2) is 23.6 Å². The lowest BCUT2D eigenvalue weighted by Gasteiger charge is -2.35. The van der Waals surface area contributed by atoms with E-state index in [1.54, 1.807) is 28.5 Å². The standard InChI is InChI=1S/C17H18Cl2N2O3S/c1-17(2,3)21(8-14-20-13(9-25-14)16(23)24-4)15(22)10-5-11(18)7-12(19)6-10/h5-7,9H,8H2,1-4H3. The molecule has 0 saturated heterocycles. The van der Waals surface area contributed by atoms with Crippen molar-refractivity contribution >= 4 is 46.4 Å². The van der Waals surface area contributed by atoms with Gasteiger partial charge in [0.1, 0.15) is 5.01 Å². The first-order valence-corrected chi connectivity index (χ1v) is 9.06. The summed E-state index contributed by atoms with van der Waals surface area (Å²) in [6.45, 7) is 6.03. The molecular weight excluding hydrogens is 383 g/mol. The van der Waals surface area contributed by atoms with Crippen molar-refractivity contribution in [2.24, 2.45) is 0 Å². The van der Waals surface area contributed by atoms with Gasteiger partial charge in [-0.2, -0.15) is 0 Å². The number of ether oxygens (including phenoxy) is 1. The number of carbonyl (C=O) groups excluding carboxylic acids is 2. The summed E-state index contributed by atoms with van der Waals surface area (Å²) in [5.74, 6) is -0.718. The zero-order chi connectivity index (χ0) is 18.8. The summed E-state index contributed by atoms with van der Waals surface area (Å²) in [6.07, 6.45) is 0. The Bertz CT molecular complexity index is 779. The number of nitrogens with zero attached hydrogens (tertiary/aromatic N) is 2. The number of esters is 1. The molecule has 0 aliphatic carbocycles. The van der Waals surface area contributed by atoms with Gasteiger partial charge in [-0.3, -0.25) is 4.79 Å². The van der Waals surface area contributed by atoms with Gasteiger partial charge in [0.2, 0.25) is 0 Å². The maximum absolute atomic E-state index is 13.0. The lowest BCUT2D eigenvalue weighted by atomic mass is 10.0. The summed E-state index contributed by atoms with van der Waals surface area (Å²) in [7, 11) is 1.30. The van der Waals surface area contributed by atoms with E-state index in [1.165, 1.54) is 18.4 Å². The van der Waals surface area contributed by atoms with Gasteiger partial charge in [-0.25, -0.2) is 9.78 Å². The molecule has 0 radical (unpaired) electrons. The molecule has 2 aromatic rings. The molecule has 1 aromatic carbocycles. The van der Waals surface area contributed by atoms with E-state index in [1.807, 2.05) is 20.8 Å². The van der Waals surface area contributed by atoms with Crippen molar-refractivity contribution in [2.45, 2.75) is 32.9 Å². The predicted octanol–water partition coefficient (Wildman–Crippen LogP) is 4.68. The second-order valence-electron chi connectivity index (χ2n) is 6.34. The van der Waals surface area contributed by atoms with E-state index in [0.717, 1.165) is 0 Å². The summed E-state index contributed by atoms with van der Waals surface area (Å²) in [5, 5.41) is 3.04. The summed E-state index contributed by atoms with van der Waals surface area (Å²) >= 11 is 13.3. The van der Waals surface area contributed by atoms with Crippen molar-refractivity contribution in [1.29, 1.82) is 0 Å². The van der Waals surface area contributed by atoms with E-state index in [2.05, 4.69) is 9.72 Å². The van der Waals surface area contributed by atoms with Crippen LogP contribution < -0.4 is 0 Å². The lowest BCUT2D eigenvalue weighted by Crippen LogP contribution is -2.45. The fourth-order valence-electron chi connectivity index (χ4n) is 2.16. The molecule has 0 unspecified atom stereocenters. The molecule has 1 aromatic heterocycles. The van der Waals surface area contributed by atoms with Gasteiger partial charge >= 0.3 is 5.97 Å². The third kappa shape index (κ3) is 4.93. The Labute approximate surface area is 160 Å². The Balaban J connectivity index is 2.32. The largest absolute Gasteiger partial charge is 0.464 e. The molecule has 134 valence electrons. The highest BCUT2D eigenvalue weighted by Gasteiger charge is 2.29. The molecule has 0 fully saturated rings. The summed E-state index contributed by atoms with van der Waals surface area (Å²) < 4.78 is 4.66. The number of methoxy groups -OCH3 is 1. The average molecular weight is 401 g/mol. The van der Waals surface area contributed by atoms with Crippen LogP contribution in [0.4, 0.5) is 0 Å². The molecular formula is C17H18Cl2N2O3S. The highest BCUT2D eigenvalue weighted by molar-refractivity contribution is 7.09. The highest BCUT2D eigenvalue weighted by Crippen LogP contribution is 2.25. The van der Waals surface area contributed by atoms with Crippen LogP contribution in [0, 0.1) is 0 Å². The Kier molecular flexibility index (Phi) is 6.08. The van der Waals surface area contributed by atoms with Crippen LogP contribution in [0.25, 0.3) is 0 Å². The van der Waals surface area contributed by atoms with Crippen molar-refractivity contribution in [2.75, 3.05) is 7.11 Å². The first kappa shape index (κ1) is 19.7. The van der Waals surface area contributed by atoms with E-state index in [9.17, 15) is 9.59 Å². The average Bonchev–Trinajstić information content (AvgIpc) is 2.98. The number of halogens is 2. The smallest absolute Gasteiger partial charge is 0.357 e. The second-order valence-corrected chi connectivity index (χ2v) is 8.15. The van der Waals surface area contributed by atoms with Gasteiger partial charge in [0.25, 0.3) is 5.91 Å². The summed E-state index contributed by atoms with van der Waals surface area (Å²) in [5.41, 5.74) is 0.162.